The molecule has 0 aliphatic heterocycles. The first-order chi connectivity index (χ1) is 17.1. The number of anilines is 1. The van der Waals surface area contributed by atoms with Crippen LogP contribution in [0.1, 0.15) is 31.2 Å². The van der Waals surface area contributed by atoms with Gasteiger partial charge in [0.1, 0.15) is 11.5 Å². The van der Waals surface area contributed by atoms with Crippen molar-refractivity contribution >= 4 is 34.1 Å². The monoisotopic (exact) mass is 485 g/mol. The average molecular weight is 486 g/mol. The fourth-order valence-electron chi connectivity index (χ4n) is 4.66. The van der Waals surface area contributed by atoms with E-state index in [2.05, 4.69) is 15.6 Å². The highest BCUT2D eigenvalue weighted by atomic mass is 35.5. The molecule has 4 aromatic rings. The quantitative estimate of drug-likeness (QED) is 0.303. The average Bonchev–Trinajstić information content (AvgIpc) is 2.86. The van der Waals surface area contributed by atoms with E-state index in [0.29, 0.717) is 17.5 Å². The molecule has 2 N–H and O–H groups in total. The summed E-state index contributed by atoms with van der Waals surface area (Å²) in [5.41, 5.74) is 2.91. The Morgan fingerprint density at radius 1 is 0.886 bits per heavy atom. The molecular formula is C29H28ClN3O2. The molecule has 5 nitrogen and oxygen atoms in total. The predicted molar refractivity (Wildman–Crippen MR) is 141 cm³/mol. The zero-order chi connectivity index (χ0) is 24.0. The van der Waals surface area contributed by atoms with E-state index >= 15 is 0 Å². The first-order valence-corrected chi connectivity index (χ1v) is 12.4. The molecule has 6 heteroatoms. The highest BCUT2D eigenvalue weighted by molar-refractivity contribution is 6.31. The number of ether oxygens (including phenoxy) is 1. The van der Waals surface area contributed by atoms with Gasteiger partial charge < -0.3 is 15.4 Å². The second kappa shape index (κ2) is 10.8. The third-order valence-electron chi connectivity index (χ3n) is 6.40. The number of aromatic nitrogens is 1. The van der Waals surface area contributed by atoms with Gasteiger partial charge in [-0.25, -0.2) is 0 Å². The van der Waals surface area contributed by atoms with Crippen molar-refractivity contribution in [3.05, 3.63) is 95.6 Å². The van der Waals surface area contributed by atoms with E-state index in [1.807, 2.05) is 85.1 Å². The molecule has 1 aliphatic carbocycles. The zero-order valence-corrected chi connectivity index (χ0v) is 20.2. The summed E-state index contributed by atoms with van der Waals surface area (Å²) < 4.78 is 5.89. The van der Waals surface area contributed by atoms with Crippen molar-refractivity contribution in [2.75, 3.05) is 5.32 Å². The van der Waals surface area contributed by atoms with E-state index in [0.717, 1.165) is 59.3 Å². The van der Waals surface area contributed by atoms with Crippen LogP contribution in [0, 0.1) is 0 Å². The molecular weight excluding hydrogens is 458 g/mol. The van der Waals surface area contributed by atoms with E-state index in [1.165, 1.54) is 0 Å². The van der Waals surface area contributed by atoms with Crippen molar-refractivity contribution in [1.82, 2.24) is 10.3 Å². The maximum atomic E-state index is 12.7. The predicted octanol–water partition coefficient (Wildman–Crippen LogP) is 6.76. The molecule has 1 saturated carbocycles. The van der Waals surface area contributed by atoms with Crippen LogP contribution in [0.5, 0.6) is 11.5 Å². The van der Waals surface area contributed by atoms with Gasteiger partial charge in [-0.2, -0.15) is 0 Å². The Labute approximate surface area is 210 Å². The summed E-state index contributed by atoms with van der Waals surface area (Å²) in [5, 5.41) is 8.66. The Morgan fingerprint density at radius 3 is 2.49 bits per heavy atom. The third kappa shape index (κ3) is 6.11. The molecule has 1 amide bonds. The molecule has 1 aromatic heterocycles. The number of hydrogen-bond donors (Lipinski definition) is 2. The Morgan fingerprint density at radius 2 is 1.66 bits per heavy atom. The number of rotatable bonds is 7. The van der Waals surface area contributed by atoms with Gasteiger partial charge in [-0.1, -0.05) is 41.9 Å². The van der Waals surface area contributed by atoms with Gasteiger partial charge in [0.15, 0.2) is 0 Å². The van der Waals surface area contributed by atoms with E-state index in [4.69, 9.17) is 16.3 Å². The SMILES string of the molecule is O=C(Cc1cccc(Oc2ccccc2)c1)NC1CCC(Nc2ccnc3cc(Cl)ccc23)CC1. The summed E-state index contributed by atoms with van der Waals surface area (Å²) in [5.74, 6) is 1.57. The molecule has 35 heavy (non-hydrogen) atoms. The second-order valence-corrected chi connectivity index (χ2v) is 9.46. The molecule has 0 saturated heterocycles. The number of halogens is 1. The minimum Gasteiger partial charge on any atom is -0.457 e. The molecule has 0 bridgehead atoms. The van der Waals surface area contributed by atoms with Crippen molar-refractivity contribution < 1.29 is 9.53 Å². The van der Waals surface area contributed by atoms with Crippen LogP contribution < -0.4 is 15.4 Å². The Balaban J connectivity index is 1.12. The number of nitrogens with one attached hydrogen (secondary N) is 2. The van der Waals surface area contributed by atoms with E-state index in [1.54, 1.807) is 0 Å². The van der Waals surface area contributed by atoms with Gasteiger partial charge in [0.05, 0.1) is 11.9 Å². The lowest BCUT2D eigenvalue weighted by atomic mass is 9.90. The van der Waals surface area contributed by atoms with Crippen LogP contribution in [0.2, 0.25) is 5.02 Å². The van der Waals surface area contributed by atoms with E-state index in [-0.39, 0.29) is 11.9 Å². The van der Waals surface area contributed by atoms with Gasteiger partial charge in [0.2, 0.25) is 5.91 Å². The standard InChI is InChI=1S/C29H28ClN3O2/c30-21-9-14-26-27(15-16-31-28(26)19-21)32-22-10-12-23(13-11-22)33-29(34)18-20-5-4-8-25(17-20)35-24-6-2-1-3-7-24/h1-9,14-17,19,22-23H,10-13,18H2,(H,31,32)(H,33,34). The van der Waals surface area contributed by atoms with Gasteiger partial charge in [-0.15, -0.1) is 0 Å². The van der Waals surface area contributed by atoms with E-state index in [9.17, 15) is 4.79 Å². The number of carbonyl (C=O) groups excluding carboxylic acids is 1. The smallest absolute Gasteiger partial charge is 0.224 e. The van der Waals surface area contributed by atoms with Gasteiger partial charge in [0, 0.05) is 34.4 Å². The van der Waals surface area contributed by atoms with Crippen LogP contribution in [-0.4, -0.2) is 23.0 Å². The van der Waals surface area contributed by atoms with Crippen molar-refractivity contribution in [2.45, 2.75) is 44.2 Å². The summed E-state index contributed by atoms with van der Waals surface area (Å²) in [7, 11) is 0. The number of fused-ring (bicyclic) bond motifs is 1. The Hall–Kier alpha value is -3.57. The minimum atomic E-state index is 0.0512. The van der Waals surface area contributed by atoms with Crippen LogP contribution in [0.3, 0.4) is 0 Å². The van der Waals surface area contributed by atoms with Gasteiger partial charge in [-0.05, 0) is 79.8 Å². The molecule has 0 spiro atoms. The van der Waals surface area contributed by atoms with Crippen molar-refractivity contribution in [3.8, 4) is 11.5 Å². The normalized spacial score (nSPS) is 17.6. The summed E-state index contributed by atoms with van der Waals surface area (Å²) in [4.78, 5) is 17.1. The minimum absolute atomic E-state index is 0.0512. The lowest BCUT2D eigenvalue weighted by Gasteiger charge is -2.30. The molecule has 0 atom stereocenters. The van der Waals surface area contributed by atoms with Crippen molar-refractivity contribution in [1.29, 1.82) is 0 Å². The lowest BCUT2D eigenvalue weighted by molar-refractivity contribution is -0.121. The van der Waals surface area contributed by atoms with Crippen LogP contribution in [-0.2, 0) is 11.2 Å². The number of amides is 1. The number of nitrogens with zero attached hydrogens (tertiary/aromatic N) is 1. The second-order valence-electron chi connectivity index (χ2n) is 9.02. The van der Waals surface area contributed by atoms with Crippen LogP contribution in [0.15, 0.2) is 85.1 Å². The van der Waals surface area contributed by atoms with Crippen molar-refractivity contribution in [2.24, 2.45) is 0 Å². The number of hydrogen-bond acceptors (Lipinski definition) is 4. The molecule has 1 fully saturated rings. The van der Waals surface area contributed by atoms with Crippen LogP contribution in [0.25, 0.3) is 10.9 Å². The fraction of sp³-hybridized carbons (Fsp3) is 0.241. The molecule has 1 heterocycles. The maximum Gasteiger partial charge on any atom is 0.224 e. The van der Waals surface area contributed by atoms with Gasteiger partial charge >= 0.3 is 0 Å². The number of carbonyl (C=O) groups is 1. The van der Waals surface area contributed by atoms with Crippen molar-refractivity contribution in [3.63, 3.8) is 0 Å². The molecule has 0 unspecified atom stereocenters. The molecule has 178 valence electrons. The summed E-state index contributed by atoms with van der Waals surface area (Å²) in [6.07, 6.45) is 6.07. The maximum absolute atomic E-state index is 12.7. The molecule has 1 aliphatic rings. The van der Waals surface area contributed by atoms with Crippen LogP contribution in [0.4, 0.5) is 5.69 Å². The van der Waals surface area contributed by atoms with Gasteiger partial charge in [-0.3, -0.25) is 9.78 Å². The zero-order valence-electron chi connectivity index (χ0n) is 19.4. The third-order valence-corrected chi connectivity index (χ3v) is 6.63. The lowest BCUT2D eigenvalue weighted by Crippen LogP contribution is -2.40. The number of pyridine rings is 1. The highest BCUT2D eigenvalue weighted by Crippen LogP contribution is 2.28. The summed E-state index contributed by atoms with van der Waals surface area (Å²) in [6, 6.07) is 25.8. The first kappa shape index (κ1) is 23.2. The molecule has 0 radical (unpaired) electrons. The topological polar surface area (TPSA) is 63.2 Å². The van der Waals surface area contributed by atoms with Crippen LogP contribution >= 0.6 is 11.6 Å². The highest BCUT2D eigenvalue weighted by Gasteiger charge is 2.23. The first-order valence-electron chi connectivity index (χ1n) is 12.0. The number of para-hydroxylation sites is 1. The summed E-state index contributed by atoms with van der Waals surface area (Å²) in [6.45, 7) is 0. The summed E-state index contributed by atoms with van der Waals surface area (Å²) >= 11 is 6.11. The van der Waals surface area contributed by atoms with E-state index < -0.39 is 0 Å². The fourth-order valence-corrected chi connectivity index (χ4v) is 4.82. The molecule has 5 rings (SSSR count). The Kier molecular flexibility index (Phi) is 7.15. The largest absolute Gasteiger partial charge is 0.457 e. The Bertz CT molecular complexity index is 1300. The molecule has 3 aromatic carbocycles. The van der Waals surface area contributed by atoms with Gasteiger partial charge in [0.25, 0.3) is 0 Å². The number of benzene rings is 3.